The summed E-state index contributed by atoms with van der Waals surface area (Å²) in [5.41, 5.74) is 0. The lowest BCUT2D eigenvalue weighted by Crippen LogP contribution is -2.48. The van der Waals surface area contributed by atoms with E-state index in [-0.39, 0.29) is 12.0 Å². The molecule has 0 saturated carbocycles. The summed E-state index contributed by atoms with van der Waals surface area (Å²) in [7, 11) is 4.75. The molecule has 0 amide bonds. The number of ether oxygens (including phenoxy) is 3. The van der Waals surface area contributed by atoms with E-state index in [2.05, 4.69) is 17.1 Å². The van der Waals surface area contributed by atoms with Crippen molar-refractivity contribution < 1.29 is 19.0 Å². The Balaban J connectivity index is 4.37. The van der Waals surface area contributed by atoms with Gasteiger partial charge in [0.2, 0.25) is 0 Å². The van der Waals surface area contributed by atoms with Gasteiger partial charge in [0.25, 0.3) is 0 Å². The topological polar surface area (TPSA) is 60.0 Å². The van der Waals surface area contributed by atoms with Crippen LogP contribution < -0.4 is 5.32 Å². The molecule has 19 heavy (non-hydrogen) atoms. The number of carbonyl (C=O) groups is 1. The molecule has 0 fully saturated rings. The molecule has 1 N–H and O–H groups in total. The molecule has 0 aliphatic carbocycles. The van der Waals surface area contributed by atoms with Crippen LogP contribution in [-0.4, -0.2) is 77.6 Å². The van der Waals surface area contributed by atoms with Crippen molar-refractivity contribution >= 4 is 5.97 Å². The van der Waals surface area contributed by atoms with Crippen LogP contribution in [0.15, 0.2) is 0 Å². The van der Waals surface area contributed by atoms with Gasteiger partial charge in [0.1, 0.15) is 6.04 Å². The standard InChI is InChI=1S/C13H28N2O4/c1-5-6-14-12(13(16)19-4)11-15(7-9-17-2)8-10-18-3/h12,14H,5-11H2,1-4H3. The van der Waals surface area contributed by atoms with Gasteiger partial charge in [0.05, 0.1) is 20.3 Å². The summed E-state index contributed by atoms with van der Waals surface area (Å²) in [5.74, 6) is -0.228. The van der Waals surface area contributed by atoms with Crippen molar-refractivity contribution in [3.05, 3.63) is 0 Å². The molecule has 0 radical (unpaired) electrons. The molecule has 0 bridgehead atoms. The third-order valence-corrected chi connectivity index (χ3v) is 2.79. The molecular weight excluding hydrogens is 248 g/mol. The van der Waals surface area contributed by atoms with Crippen LogP contribution in [0, 0.1) is 0 Å². The number of hydrogen-bond donors (Lipinski definition) is 1. The van der Waals surface area contributed by atoms with Crippen molar-refractivity contribution in [3.63, 3.8) is 0 Å². The van der Waals surface area contributed by atoms with E-state index in [0.717, 1.165) is 26.1 Å². The number of methoxy groups -OCH3 is 3. The molecule has 0 aromatic heterocycles. The van der Waals surface area contributed by atoms with Crippen LogP contribution in [0.25, 0.3) is 0 Å². The minimum Gasteiger partial charge on any atom is -0.468 e. The molecule has 1 atom stereocenters. The van der Waals surface area contributed by atoms with Crippen LogP contribution in [0.1, 0.15) is 13.3 Å². The van der Waals surface area contributed by atoms with Crippen LogP contribution in [0.4, 0.5) is 0 Å². The zero-order chi connectivity index (χ0) is 14.5. The highest BCUT2D eigenvalue weighted by Gasteiger charge is 2.21. The maximum atomic E-state index is 11.7. The number of nitrogens with one attached hydrogen (secondary N) is 1. The van der Waals surface area contributed by atoms with Gasteiger partial charge in [-0.3, -0.25) is 9.69 Å². The third-order valence-electron chi connectivity index (χ3n) is 2.79. The first kappa shape index (κ1) is 18.3. The maximum Gasteiger partial charge on any atom is 0.324 e. The molecule has 0 heterocycles. The summed E-state index contributed by atoms with van der Waals surface area (Å²) < 4.78 is 15.0. The predicted octanol–water partition coefficient (Wildman–Crippen LogP) is 0.122. The summed E-state index contributed by atoms with van der Waals surface area (Å²) in [6, 6.07) is -0.307. The fraction of sp³-hybridized carbons (Fsp3) is 0.923. The Morgan fingerprint density at radius 1 is 1.16 bits per heavy atom. The molecule has 0 aliphatic rings. The summed E-state index contributed by atoms with van der Waals surface area (Å²) in [5, 5.41) is 3.21. The number of carbonyl (C=O) groups excluding carboxylic acids is 1. The van der Waals surface area contributed by atoms with Gasteiger partial charge in [-0.2, -0.15) is 0 Å². The fourth-order valence-electron chi connectivity index (χ4n) is 1.68. The van der Waals surface area contributed by atoms with Gasteiger partial charge < -0.3 is 19.5 Å². The molecule has 0 aromatic rings. The predicted molar refractivity (Wildman–Crippen MR) is 74.3 cm³/mol. The Morgan fingerprint density at radius 3 is 2.16 bits per heavy atom. The lowest BCUT2D eigenvalue weighted by Gasteiger charge is -2.26. The molecule has 0 saturated heterocycles. The lowest BCUT2D eigenvalue weighted by molar-refractivity contribution is -0.143. The van der Waals surface area contributed by atoms with E-state index in [1.807, 2.05) is 0 Å². The Bertz CT molecular complexity index is 219. The summed E-state index contributed by atoms with van der Waals surface area (Å²) in [6.45, 7) is 6.25. The summed E-state index contributed by atoms with van der Waals surface area (Å²) in [4.78, 5) is 13.9. The smallest absolute Gasteiger partial charge is 0.324 e. The number of rotatable bonds is 12. The van der Waals surface area contributed by atoms with Crippen LogP contribution >= 0.6 is 0 Å². The Morgan fingerprint density at radius 2 is 1.74 bits per heavy atom. The first-order valence-corrected chi connectivity index (χ1v) is 6.71. The first-order chi connectivity index (χ1) is 9.19. The monoisotopic (exact) mass is 276 g/mol. The van der Waals surface area contributed by atoms with Gasteiger partial charge in [-0.15, -0.1) is 0 Å². The van der Waals surface area contributed by atoms with E-state index in [1.165, 1.54) is 7.11 Å². The van der Waals surface area contributed by atoms with E-state index in [0.29, 0.717) is 19.8 Å². The van der Waals surface area contributed by atoms with Crippen LogP contribution in [-0.2, 0) is 19.0 Å². The molecule has 114 valence electrons. The minimum atomic E-state index is -0.307. The lowest BCUT2D eigenvalue weighted by atomic mass is 10.2. The largest absolute Gasteiger partial charge is 0.468 e. The molecule has 0 aliphatic heterocycles. The van der Waals surface area contributed by atoms with E-state index in [9.17, 15) is 4.79 Å². The molecule has 6 heteroatoms. The average molecular weight is 276 g/mol. The Hall–Kier alpha value is -0.690. The normalized spacial score (nSPS) is 12.7. The van der Waals surface area contributed by atoms with Crippen LogP contribution in [0.2, 0.25) is 0 Å². The zero-order valence-corrected chi connectivity index (χ0v) is 12.6. The van der Waals surface area contributed by atoms with Crippen LogP contribution in [0.5, 0.6) is 0 Å². The van der Waals surface area contributed by atoms with Crippen molar-refractivity contribution in [2.24, 2.45) is 0 Å². The Kier molecular flexibility index (Phi) is 11.9. The van der Waals surface area contributed by atoms with Crippen molar-refractivity contribution in [3.8, 4) is 0 Å². The van der Waals surface area contributed by atoms with Gasteiger partial charge in [0.15, 0.2) is 0 Å². The second-order valence-electron chi connectivity index (χ2n) is 4.32. The highest BCUT2D eigenvalue weighted by molar-refractivity contribution is 5.75. The van der Waals surface area contributed by atoms with E-state index < -0.39 is 0 Å². The Labute approximate surface area is 116 Å². The molecule has 0 aromatic carbocycles. The summed E-state index contributed by atoms with van der Waals surface area (Å²) >= 11 is 0. The van der Waals surface area contributed by atoms with Crippen molar-refractivity contribution in [1.82, 2.24) is 10.2 Å². The second-order valence-corrected chi connectivity index (χ2v) is 4.32. The quantitative estimate of drug-likeness (QED) is 0.511. The molecule has 0 spiro atoms. The third kappa shape index (κ3) is 8.93. The summed E-state index contributed by atoms with van der Waals surface area (Å²) in [6.07, 6.45) is 0.976. The van der Waals surface area contributed by atoms with Crippen LogP contribution in [0.3, 0.4) is 0 Å². The van der Waals surface area contributed by atoms with Crippen molar-refractivity contribution in [1.29, 1.82) is 0 Å². The first-order valence-electron chi connectivity index (χ1n) is 6.71. The maximum absolute atomic E-state index is 11.7. The molecule has 0 rings (SSSR count). The number of nitrogens with zero attached hydrogens (tertiary/aromatic N) is 1. The van der Waals surface area contributed by atoms with E-state index >= 15 is 0 Å². The van der Waals surface area contributed by atoms with E-state index in [4.69, 9.17) is 14.2 Å². The van der Waals surface area contributed by atoms with Crippen molar-refractivity contribution in [2.75, 3.05) is 60.7 Å². The second kappa shape index (κ2) is 12.3. The van der Waals surface area contributed by atoms with Gasteiger partial charge in [0, 0.05) is 33.9 Å². The SMILES string of the molecule is CCCNC(CN(CCOC)CCOC)C(=O)OC. The highest BCUT2D eigenvalue weighted by Crippen LogP contribution is 1.97. The van der Waals surface area contributed by atoms with Gasteiger partial charge in [-0.25, -0.2) is 0 Å². The van der Waals surface area contributed by atoms with Gasteiger partial charge in [-0.05, 0) is 13.0 Å². The highest BCUT2D eigenvalue weighted by atomic mass is 16.5. The molecule has 1 unspecified atom stereocenters. The van der Waals surface area contributed by atoms with Crippen molar-refractivity contribution in [2.45, 2.75) is 19.4 Å². The minimum absolute atomic E-state index is 0.228. The molecule has 6 nitrogen and oxygen atoms in total. The number of esters is 1. The zero-order valence-electron chi connectivity index (χ0n) is 12.6. The average Bonchev–Trinajstić information content (AvgIpc) is 2.44. The molecular formula is C13H28N2O4. The van der Waals surface area contributed by atoms with Gasteiger partial charge in [-0.1, -0.05) is 6.92 Å². The van der Waals surface area contributed by atoms with E-state index in [1.54, 1.807) is 14.2 Å². The van der Waals surface area contributed by atoms with Gasteiger partial charge >= 0.3 is 5.97 Å². The fourth-order valence-corrected chi connectivity index (χ4v) is 1.68. The number of hydrogen-bond acceptors (Lipinski definition) is 6.